The number of nitrogens with zero attached hydrogens (tertiary/aromatic N) is 1. The van der Waals surface area contributed by atoms with Crippen LogP contribution in [0.2, 0.25) is 5.15 Å². The molecule has 1 unspecified atom stereocenters. The van der Waals surface area contributed by atoms with Crippen LogP contribution in [0.4, 0.5) is 0 Å². The zero-order valence-electron chi connectivity index (χ0n) is 9.50. The predicted octanol–water partition coefficient (Wildman–Crippen LogP) is 3.11. The van der Waals surface area contributed by atoms with Crippen molar-refractivity contribution in [2.24, 2.45) is 0 Å². The van der Waals surface area contributed by atoms with Crippen LogP contribution in [0.25, 0.3) is 0 Å². The highest BCUT2D eigenvalue weighted by molar-refractivity contribution is 8.00. The maximum atomic E-state index is 6.00. The molecule has 2 heterocycles. The molecule has 88 valence electrons. The molecule has 1 aliphatic rings. The normalized spacial score (nSPS) is 24.9. The van der Waals surface area contributed by atoms with Gasteiger partial charge in [-0.15, -0.1) is 0 Å². The van der Waals surface area contributed by atoms with Gasteiger partial charge in [0.2, 0.25) is 0 Å². The Balaban J connectivity index is 1.82. The Hall–Kier alpha value is -0.250. The number of halogens is 1. The van der Waals surface area contributed by atoms with Crippen LogP contribution in [0.5, 0.6) is 0 Å². The number of nitrogens with one attached hydrogen (secondary N) is 1. The van der Waals surface area contributed by atoms with E-state index in [4.69, 9.17) is 11.6 Å². The van der Waals surface area contributed by atoms with Gasteiger partial charge in [0.25, 0.3) is 0 Å². The summed E-state index contributed by atoms with van der Waals surface area (Å²) in [6.07, 6.45) is 4.38. The van der Waals surface area contributed by atoms with Crippen LogP contribution in [0.15, 0.2) is 18.3 Å². The Bertz CT molecular complexity index is 351. The first-order valence-electron chi connectivity index (χ1n) is 5.64. The summed E-state index contributed by atoms with van der Waals surface area (Å²) in [6, 6.07) is 3.95. The molecule has 1 aromatic heterocycles. The van der Waals surface area contributed by atoms with Crippen LogP contribution in [0.3, 0.4) is 0 Å². The smallest absolute Gasteiger partial charge is 0.133 e. The number of pyridine rings is 1. The SMILES string of the molecule is CC1(CNCc2cccnc2Cl)CCCS1. The van der Waals surface area contributed by atoms with E-state index < -0.39 is 0 Å². The number of aromatic nitrogens is 1. The monoisotopic (exact) mass is 256 g/mol. The molecule has 0 saturated carbocycles. The van der Waals surface area contributed by atoms with Crippen molar-refractivity contribution >= 4 is 23.4 Å². The molecular formula is C12H17ClN2S. The molecule has 1 aromatic rings. The summed E-state index contributed by atoms with van der Waals surface area (Å²) < 4.78 is 0.411. The van der Waals surface area contributed by atoms with Gasteiger partial charge in [-0.3, -0.25) is 0 Å². The van der Waals surface area contributed by atoms with E-state index >= 15 is 0 Å². The molecular weight excluding hydrogens is 240 g/mol. The van der Waals surface area contributed by atoms with Crippen molar-refractivity contribution in [3.63, 3.8) is 0 Å². The average Bonchev–Trinajstić information content (AvgIpc) is 2.68. The molecule has 1 fully saturated rings. The lowest BCUT2D eigenvalue weighted by Gasteiger charge is -2.23. The molecule has 1 atom stereocenters. The third kappa shape index (κ3) is 3.12. The summed E-state index contributed by atoms with van der Waals surface area (Å²) in [4.78, 5) is 4.07. The van der Waals surface area contributed by atoms with Crippen LogP contribution in [0.1, 0.15) is 25.3 Å². The van der Waals surface area contributed by atoms with Crippen LogP contribution in [-0.2, 0) is 6.54 Å². The summed E-state index contributed by atoms with van der Waals surface area (Å²) in [5.41, 5.74) is 1.08. The number of hydrogen-bond donors (Lipinski definition) is 1. The van der Waals surface area contributed by atoms with Gasteiger partial charge < -0.3 is 5.32 Å². The maximum absolute atomic E-state index is 6.00. The lowest BCUT2D eigenvalue weighted by atomic mass is 10.1. The van der Waals surface area contributed by atoms with E-state index in [2.05, 4.69) is 29.0 Å². The van der Waals surface area contributed by atoms with Crippen LogP contribution >= 0.6 is 23.4 Å². The van der Waals surface area contributed by atoms with Gasteiger partial charge in [0, 0.05) is 29.6 Å². The lowest BCUT2D eigenvalue weighted by Crippen LogP contribution is -2.32. The highest BCUT2D eigenvalue weighted by Gasteiger charge is 2.28. The number of rotatable bonds is 4. The second-order valence-corrected chi connectivity index (χ2v) is 6.50. The van der Waals surface area contributed by atoms with E-state index in [0.29, 0.717) is 9.90 Å². The maximum Gasteiger partial charge on any atom is 0.133 e. The predicted molar refractivity (Wildman–Crippen MR) is 71.1 cm³/mol. The number of thioether (sulfide) groups is 1. The van der Waals surface area contributed by atoms with Gasteiger partial charge in [-0.1, -0.05) is 17.7 Å². The molecule has 2 nitrogen and oxygen atoms in total. The van der Waals surface area contributed by atoms with E-state index in [0.717, 1.165) is 18.7 Å². The molecule has 1 N–H and O–H groups in total. The first-order valence-corrected chi connectivity index (χ1v) is 7.00. The minimum absolute atomic E-state index is 0.411. The molecule has 1 aliphatic heterocycles. The average molecular weight is 257 g/mol. The summed E-state index contributed by atoms with van der Waals surface area (Å²) in [6.45, 7) is 4.19. The van der Waals surface area contributed by atoms with Crippen molar-refractivity contribution in [3.8, 4) is 0 Å². The Kier molecular flexibility index (Phi) is 4.11. The van der Waals surface area contributed by atoms with E-state index in [1.807, 2.05) is 12.1 Å². The Morgan fingerprint density at radius 3 is 3.19 bits per heavy atom. The van der Waals surface area contributed by atoms with Crippen molar-refractivity contribution in [2.45, 2.75) is 31.1 Å². The second-order valence-electron chi connectivity index (χ2n) is 4.46. The van der Waals surface area contributed by atoms with Crippen molar-refractivity contribution in [2.75, 3.05) is 12.3 Å². The molecule has 0 bridgehead atoms. The topological polar surface area (TPSA) is 24.9 Å². The minimum atomic E-state index is 0.411. The van der Waals surface area contributed by atoms with E-state index in [9.17, 15) is 0 Å². The Labute approximate surface area is 106 Å². The highest BCUT2D eigenvalue weighted by atomic mass is 35.5. The van der Waals surface area contributed by atoms with Gasteiger partial charge in [0.15, 0.2) is 0 Å². The fourth-order valence-electron chi connectivity index (χ4n) is 1.99. The molecule has 0 radical (unpaired) electrons. The molecule has 1 saturated heterocycles. The van der Waals surface area contributed by atoms with E-state index in [-0.39, 0.29) is 0 Å². The molecule has 4 heteroatoms. The first kappa shape index (κ1) is 12.2. The van der Waals surface area contributed by atoms with Gasteiger partial charge in [-0.25, -0.2) is 4.98 Å². The Morgan fingerprint density at radius 1 is 1.62 bits per heavy atom. The molecule has 0 aliphatic carbocycles. The second kappa shape index (κ2) is 5.39. The molecule has 16 heavy (non-hydrogen) atoms. The quantitative estimate of drug-likeness (QED) is 0.838. The van der Waals surface area contributed by atoms with Crippen LogP contribution in [-0.4, -0.2) is 22.0 Å². The fraction of sp³-hybridized carbons (Fsp3) is 0.583. The van der Waals surface area contributed by atoms with Gasteiger partial charge in [-0.05, 0) is 31.6 Å². The van der Waals surface area contributed by atoms with Gasteiger partial charge in [0.05, 0.1) is 0 Å². The summed E-state index contributed by atoms with van der Waals surface area (Å²) in [7, 11) is 0. The summed E-state index contributed by atoms with van der Waals surface area (Å²) in [5.74, 6) is 1.30. The van der Waals surface area contributed by atoms with Crippen molar-refractivity contribution in [3.05, 3.63) is 29.0 Å². The van der Waals surface area contributed by atoms with Crippen LogP contribution in [0, 0.1) is 0 Å². The summed E-state index contributed by atoms with van der Waals surface area (Å²) in [5, 5.41) is 4.09. The Morgan fingerprint density at radius 2 is 2.50 bits per heavy atom. The molecule has 2 rings (SSSR count). The van der Waals surface area contributed by atoms with Crippen molar-refractivity contribution in [1.29, 1.82) is 0 Å². The third-order valence-corrected chi connectivity index (χ3v) is 4.83. The standard InChI is InChI=1S/C12H17ClN2S/c1-12(5-3-7-16-12)9-14-8-10-4-2-6-15-11(10)13/h2,4,6,14H,3,5,7-9H2,1H3. The molecule has 0 aromatic carbocycles. The van der Waals surface area contributed by atoms with Crippen molar-refractivity contribution < 1.29 is 0 Å². The lowest BCUT2D eigenvalue weighted by molar-refractivity contribution is 0.537. The van der Waals surface area contributed by atoms with Gasteiger partial charge in [0.1, 0.15) is 5.15 Å². The molecule has 0 amide bonds. The minimum Gasteiger partial charge on any atom is -0.311 e. The third-order valence-electron chi connectivity index (χ3n) is 2.95. The van der Waals surface area contributed by atoms with Crippen molar-refractivity contribution in [1.82, 2.24) is 10.3 Å². The first-order chi connectivity index (χ1) is 7.70. The van der Waals surface area contributed by atoms with E-state index in [1.54, 1.807) is 6.20 Å². The largest absolute Gasteiger partial charge is 0.311 e. The highest BCUT2D eigenvalue weighted by Crippen LogP contribution is 2.36. The summed E-state index contributed by atoms with van der Waals surface area (Å²) >= 11 is 8.07. The number of hydrogen-bond acceptors (Lipinski definition) is 3. The van der Waals surface area contributed by atoms with Crippen LogP contribution < -0.4 is 5.32 Å². The van der Waals surface area contributed by atoms with E-state index in [1.165, 1.54) is 18.6 Å². The zero-order chi connectivity index (χ0) is 11.4. The molecule has 0 spiro atoms. The van der Waals surface area contributed by atoms with Gasteiger partial charge in [-0.2, -0.15) is 11.8 Å². The fourth-order valence-corrected chi connectivity index (χ4v) is 3.45. The van der Waals surface area contributed by atoms with Gasteiger partial charge >= 0.3 is 0 Å². The zero-order valence-corrected chi connectivity index (χ0v) is 11.1.